The SMILES string of the molecule is COCCN1C(=O)C(=O)/C(=C(/O)c2cc(OC)c(Cl)cc2OC)C1c1cccc(C)c1. The van der Waals surface area contributed by atoms with E-state index in [2.05, 4.69) is 0 Å². The van der Waals surface area contributed by atoms with E-state index in [4.69, 9.17) is 25.8 Å². The molecule has 7 nitrogen and oxygen atoms in total. The van der Waals surface area contributed by atoms with Crippen LogP contribution in [-0.4, -0.2) is 56.2 Å². The van der Waals surface area contributed by atoms with Gasteiger partial charge in [-0.15, -0.1) is 0 Å². The first-order chi connectivity index (χ1) is 14.8. The number of aliphatic hydroxyl groups is 1. The van der Waals surface area contributed by atoms with Crippen LogP contribution in [0.15, 0.2) is 42.0 Å². The molecule has 0 saturated carbocycles. The highest BCUT2D eigenvalue weighted by Gasteiger charge is 2.46. The molecule has 1 heterocycles. The maximum Gasteiger partial charge on any atom is 0.295 e. The Balaban J connectivity index is 2.26. The molecule has 1 N–H and O–H groups in total. The summed E-state index contributed by atoms with van der Waals surface area (Å²) in [5.41, 5.74) is 1.83. The number of ketones is 1. The maximum absolute atomic E-state index is 13.0. The zero-order valence-corrected chi connectivity index (χ0v) is 18.5. The van der Waals surface area contributed by atoms with Gasteiger partial charge in [-0.1, -0.05) is 41.4 Å². The number of aryl methyl sites for hydroxylation is 1. The number of halogens is 1. The Morgan fingerprint density at radius 3 is 2.42 bits per heavy atom. The van der Waals surface area contributed by atoms with Crippen molar-refractivity contribution in [3.8, 4) is 11.5 Å². The van der Waals surface area contributed by atoms with Gasteiger partial charge < -0.3 is 24.2 Å². The molecule has 1 saturated heterocycles. The van der Waals surface area contributed by atoms with Crippen molar-refractivity contribution in [1.29, 1.82) is 0 Å². The molecule has 8 heteroatoms. The highest BCUT2D eigenvalue weighted by atomic mass is 35.5. The van der Waals surface area contributed by atoms with Gasteiger partial charge in [0, 0.05) is 19.7 Å². The lowest BCUT2D eigenvalue weighted by Gasteiger charge is -2.25. The molecular weight excluding hydrogens is 422 g/mol. The summed E-state index contributed by atoms with van der Waals surface area (Å²) >= 11 is 6.17. The predicted octanol–water partition coefficient (Wildman–Crippen LogP) is 3.73. The number of hydrogen-bond donors (Lipinski definition) is 1. The molecule has 1 aliphatic heterocycles. The van der Waals surface area contributed by atoms with Gasteiger partial charge in [0.25, 0.3) is 11.7 Å². The summed E-state index contributed by atoms with van der Waals surface area (Å²) in [6, 6.07) is 9.64. The topological polar surface area (TPSA) is 85.3 Å². The van der Waals surface area contributed by atoms with E-state index < -0.39 is 17.7 Å². The van der Waals surface area contributed by atoms with Gasteiger partial charge in [-0.25, -0.2) is 0 Å². The van der Waals surface area contributed by atoms with Crippen LogP contribution >= 0.6 is 11.6 Å². The molecule has 0 bridgehead atoms. The fourth-order valence-electron chi connectivity index (χ4n) is 3.68. The monoisotopic (exact) mass is 445 g/mol. The Labute approximate surface area is 185 Å². The van der Waals surface area contributed by atoms with Gasteiger partial charge >= 0.3 is 0 Å². The smallest absolute Gasteiger partial charge is 0.295 e. The zero-order valence-electron chi connectivity index (χ0n) is 17.8. The second-order valence-corrected chi connectivity index (χ2v) is 7.49. The lowest BCUT2D eigenvalue weighted by atomic mass is 9.94. The summed E-state index contributed by atoms with van der Waals surface area (Å²) in [5, 5.41) is 11.5. The third-order valence-corrected chi connectivity index (χ3v) is 5.46. The van der Waals surface area contributed by atoms with Crippen LogP contribution in [-0.2, 0) is 14.3 Å². The van der Waals surface area contributed by atoms with E-state index in [0.717, 1.165) is 5.56 Å². The Morgan fingerprint density at radius 1 is 1.10 bits per heavy atom. The van der Waals surface area contributed by atoms with Crippen molar-refractivity contribution in [3.05, 3.63) is 63.7 Å². The second-order valence-electron chi connectivity index (χ2n) is 7.09. The molecule has 0 aliphatic carbocycles. The van der Waals surface area contributed by atoms with Gasteiger partial charge in [0.05, 0.1) is 43.0 Å². The molecule has 2 aromatic carbocycles. The number of aliphatic hydroxyl groups excluding tert-OH is 1. The fourth-order valence-corrected chi connectivity index (χ4v) is 3.91. The third-order valence-electron chi connectivity index (χ3n) is 5.16. The molecule has 0 spiro atoms. The standard InChI is InChI=1S/C23H24ClNO6/c1-13-6-5-7-14(10-13)20-19(22(27)23(28)25(20)8-9-29-2)21(26)15-11-18(31-4)16(24)12-17(15)30-3/h5-7,10-12,20,26H,8-9H2,1-4H3/b21-19+. The molecule has 31 heavy (non-hydrogen) atoms. The maximum atomic E-state index is 13.0. The number of likely N-dealkylation sites (tertiary alicyclic amines) is 1. The number of ether oxygens (including phenoxy) is 3. The van der Waals surface area contributed by atoms with Crippen molar-refractivity contribution >= 4 is 29.1 Å². The van der Waals surface area contributed by atoms with E-state index in [1.54, 1.807) is 0 Å². The fraction of sp³-hybridized carbons (Fsp3) is 0.304. The van der Waals surface area contributed by atoms with Crippen molar-refractivity contribution in [3.63, 3.8) is 0 Å². The number of nitrogens with zero attached hydrogens (tertiary/aromatic N) is 1. The van der Waals surface area contributed by atoms with Crippen molar-refractivity contribution in [1.82, 2.24) is 4.90 Å². The van der Waals surface area contributed by atoms with Gasteiger partial charge in [-0.3, -0.25) is 9.59 Å². The van der Waals surface area contributed by atoms with Crippen molar-refractivity contribution < 1.29 is 28.9 Å². The molecule has 2 aromatic rings. The highest BCUT2D eigenvalue weighted by molar-refractivity contribution is 6.46. The van der Waals surface area contributed by atoms with E-state index in [1.807, 2.05) is 31.2 Å². The minimum absolute atomic E-state index is 0.0330. The Bertz CT molecular complexity index is 1050. The average Bonchev–Trinajstić information content (AvgIpc) is 3.01. The second kappa shape index (κ2) is 9.41. The number of amides is 1. The molecule has 164 valence electrons. The largest absolute Gasteiger partial charge is 0.507 e. The first-order valence-corrected chi connectivity index (χ1v) is 9.97. The summed E-state index contributed by atoms with van der Waals surface area (Å²) < 4.78 is 15.7. The van der Waals surface area contributed by atoms with Crippen LogP contribution in [0.5, 0.6) is 11.5 Å². The molecule has 1 amide bonds. The lowest BCUT2D eigenvalue weighted by Crippen LogP contribution is -2.32. The Morgan fingerprint density at radius 2 is 1.81 bits per heavy atom. The van der Waals surface area contributed by atoms with E-state index >= 15 is 0 Å². The summed E-state index contributed by atoms with van der Waals surface area (Å²) in [5.74, 6) is -1.31. The van der Waals surface area contributed by atoms with Crippen LogP contribution < -0.4 is 9.47 Å². The molecule has 1 atom stereocenters. The summed E-state index contributed by atoms with van der Waals surface area (Å²) in [4.78, 5) is 27.3. The van der Waals surface area contributed by atoms with Crippen molar-refractivity contribution in [2.45, 2.75) is 13.0 Å². The number of rotatable bonds is 7. The number of benzene rings is 2. The Kier molecular flexibility index (Phi) is 6.87. The molecule has 3 rings (SSSR count). The number of Topliss-reactive ketones (excluding diaryl/α,β-unsaturated/α-hetero) is 1. The van der Waals surface area contributed by atoms with Gasteiger partial charge in [0.1, 0.15) is 17.3 Å². The van der Waals surface area contributed by atoms with Crippen LogP contribution in [0.1, 0.15) is 22.7 Å². The number of carbonyl (C=O) groups is 2. The van der Waals surface area contributed by atoms with Crippen LogP contribution in [0.25, 0.3) is 5.76 Å². The molecule has 0 aromatic heterocycles. The number of hydrogen-bond acceptors (Lipinski definition) is 6. The first-order valence-electron chi connectivity index (χ1n) is 9.59. The zero-order chi connectivity index (χ0) is 22.7. The minimum atomic E-state index is -0.781. The summed E-state index contributed by atoms with van der Waals surface area (Å²) in [7, 11) is 4.38. The van der Waals surface area contributed by atoms with E-state index in [1.165, 1.54) is 38.4 Å². The predicted molar refractivity (Wildman–Crippen MR) is 117 cm³/mol. The van der Waals surface area contributed by atoms with E-state index in [9.17, 15) is 14.7 Å². The number of methoxy groups -OCH3 is 3. The summed E-state index contributed by atoms with van der Waals surface area (Å²) in [6.07, 6.45) is 0. The van der Waals surface area contributed by atoms with Crippen LogP contribution in [0, 0.1) is 6.92 Å². The molecule has 1 unspecified atom stereocenters. The normalized spacial score (nSPS) is 17.8. The van der Waals surface area contributed by atoms with Crippen molar-refractivity contribution in [2.24, 2.45) is 0 Å². The van der Waals surface area contributed by atoms with Crippen molar-refractivity contribution in [2.75, 3.05) is 34.5 Å². The quantitative estimate of drug-likeness (QED) is 0.397. The van der Waals surface area contributed by atoms with Gasteiger partial charge in [0.2, 0.25) is 0 Å². The lowest BCUT2D eigenvalue weighted by molar-refractivity contribution is -0.140. The number of carbonyl (C=O) groups excluding carboxylic acids is 2. The van der Waals surface area contributed by atoms with Crippen LogP contribution in [0.3, 0.4) is 0 Å². The molecule has 1 fully saturated rings. The van der Waals surface area contributed by atoms with E-state index in [0.29, 0.717) is 11.3 Å². The minimum Gasteiger partial charge on any atom is -0.507 e. The Hall–Kier alpha value is -3.03. The van der Waals surface area contributed by atoms with Gasteiger partial charge in [0.15, 0.2) is 0 Å². The summed E-state index contributed by atoms with van der Waals surface area (Å²) in [6.45, 7) is 2.35. The van der Waals surface area contributed by atoms with Crippen LogP contribution in [0.4, 0.5) is 0 Å². The van der Waals surface area contributed by atoms with Crippen LogP contribution in [0.2, 0.25) is 5.02 Å². The molecule has 1 aliphatic rings. The third kappa shape index (κ3) is 4.24. The molecule has 0 radical (unpaired) electrons. The average molecular weight is 446 g/mol. The first kappa shape index (κ1) is 22.7. The highest BCUT2D eigenvalue weighted by Crippen LogP contribution is 2.43. The van der Waals surface area contributed by atoms with Gasteiger partial charge in [-0.05, 0) is 18.6 Å². The van der Waals surface area contributed by atoms with Gasteiger partial charge in [-0.2, -0.15) is 0 Å². The van der Waals surface area contributed by atoms with E-state index in [-0.39, 0.29) is 40.8 Å². The molecular formula is C23H24ClNO6.